The first-order valence-corrected chi connectivity index (χ1v) is 7.58. The first kappa shape index (κ1) is 15.7. The number of hydrogen-bond donors (Lipinski definition) is 1. The molecule has 21 heavy (non-hydrogen) atoms. The number of rotatable bonds is 5. The minimum Gasteiger partial charge on any atom is -0.492 e. The lowest BCUT2D eigenvalue weighted by Gasteiger charge is -2.12. The Morgan fingerprint density at radius 3 is 2.81 bits per heavy atom. The summed E-state index contributed by atoms with van der Waals surface area (Å²) >= 11 is 8.27. The van der Waals surface area contributed by atoms with E-state index in [0.717, 1.165) is 15.9 Å². The van der Waals surface area contributed by atoms with Gasteiger partial charge in [0.25, 0.3) is 5.56 Å². The lowest BCUT2D eigenvalue weighted by Crippen LogP contribution is -2.31. The van der Waals surface area contributed by atoms with Crippen LogP contribution in [0, 0.1) is 6.92 Å². The van der Waals surface area contributed by atoms with Gasteiger partial charge in [-0.15, -0.1) is 0 Å². The van der Waals surface area contributed by atoms with E-state index in [2.05, 4.69) is 15.9 Å². The Kier molecular flexibility index (Phi) is 5.14. The molecule has 1 aromatic carbocycles. The van der Waals surface area contributed by atoms with Gasteiger partial charge in [-0.3, -0.25) is 4.79 Å². The summed E-state index contributed by atoms with van der Waals surface area (Å²) in [5, 5.41) is 0. The molecule has 6 heteroatoms. The van der Waals surface area contributed by atoms with E-state index in [0.29, 0.717) is 18.7 Å². The van der Waals surface area contributed by atoms with Gasteiger partial charge in [-0.2, -0.15) is 0 Å². The molecule has 110 valence electrons. The standard InChI is InChI=1S/C15H15BrN2O2S/c1-10-5-6-13(14(17)21)15(19)18(10)7-8-20-12-4-2-3-11(16)9-12/h2-6,9H,7-8H2,1H3,(H2,17,21). The number of aromatic nitrogens is 1. The molecule has 0 amide bonds. The SMILES string of the molecule is Cc1ccc(C(N)=S)c(=O)n1CCOc1cccc(Br)c1. The van der Waals surface area contributed by atoms with E-state index in [4.69, 9.17) is 22.7 Å². The van der Waals surface area contributed by atoms with Crippen LogP contribution >= 0.6 is 28.1 Å². The molecule has 0 aliphatic rings. The van der Waals surface area contributed by atoms with Crippen LogP contribution in [-0.2, 0) is 6.54 Å². The summed E-state index contributed by atoms with van der Waals surface area (Å²) in [6.45, 7) is 2.69. The average molecular weight is 367 g/mol. The van der Waals surface area contributed by atoms with E-state index in [1.165, 1.54) is 0 Å². The monoisotopic (exact) mass is 366 g/mol. The minimum atomic E-state index is -0.180. The second kappa shape index (κ2) is 6.87. The van der Waals surface area contributed by atoms with Gasteiger partial charge < -0.3 is 15.0 Å². The van der Waals surface area contributed by atoms with Crippen molar-refractivity contribution in [2.24, 2.45) is 5.73 Å². The Hall–Kier alpha value is -1.66. The lowest BCUT2D eigenvalue weighted by molar-refractivity contribution is 0.295. The van der Waals surface area contributed by atoms with E-state index in [1.807, 2.05) is 37.3 Å². The number of nitrogens with two attached hydrogens (primary N) is 1. The van der Waals surface area contributed by atoms with Crippen LogP contribution in [0.3, 0.4) is 0 Å². The van der Waals surface area contributed by atoms with Crippen LogP contribution in [-0.4, -0.2) is 16.2 Å². The Morgan fingerprint density at radius 2 is 2.14 bits per heavy atom. The molecule has 0 spiro atoms. The van der Waals surface area contributed by atoms with E-state index < -0.39 is 0 Å². The maximum Gasteiger partial charge on any atom is 0.261 e. The van der Waals surface area contributed by atoms with Crippen molar-refractivity contribution in [1.29, 1.82) is 0 Å². The van der Waals surface area contributed by atoms with Crippen molar-refractivity contribution in [1.82, 2.24) is 4.57 Å². The van der Waals surface area contributed by atoms with Crippen LogP contribution in [0.4, 0.5) is 0 Å². The molecule has 0 fully saturated rings. The van der Waals surface area contributed by atoms with Gasteiger partial charge in [0.1, 0.15) is 17.3 Å². The lowest BCUT2D eigenvalue weighted by atomic mass is 10.2. The van der Waals surface area contributed by atoms with Gasteiger partial charge in [-0.05, 0) is 37.3 Å². The second-order valence-electron chi connectivity index (χ2n) is 4.52. The smallest absolute Gasteiger partial charge is 0.261 e. The summed E-state index contributed by atoms with van der Waals surface area (Å²) in [7, 11) is 0. The van der Waals surface area contributed by atoms with Crippen molar-refractivity contribution >= 4 is 33.1 Å². The third kappa shape index (κ3) is 3.92. The molecule has 0 aliphatic carbocycles. The average Bonchev–Trinajstić information content (AvgIpc) is 2.42. The summed E-state index contributed by atoms with van der Waals surface area (Å²) < 4.78 is 8.21. The third-order valence-corrected chi connectivity index (χ3v) is 3.75. The Bertz CT molecular complexity index is 728. The predicted molar refractivity (Wildman–Crippen MR) is 91.0 cm³/mol. The van der Waals surface area contributed by atoms with Crippen LogP contribution in [0.1, 0.15) is 11.3 Å². The molecule has 0 bridgehead atoms. The number of thiocarbonyl (C=S) groups is 1. The molecule has 2 N–H and O–H groups in total. The van der Waals surface area contributed by atoms with Crippen molar-refractivity contribution in [3.05, 3.63) is 62.5 Å². The van der Waals surface area contributed by atoms with Crippen LogP contribution in [0.25, 0.3) is 0 Å². The third-order valence-electron chi connectivity index (χ3n) is 3.04. The number of hydrogen-bond acceptors (Lipinski definition) is 3. The van der Waals surface area contributed by atoms with E-state index >= 15 is 0 Å². The highest BCUT2D eigenvalue weighted by Gasteiger charge is 2.08. The van der Waals surface area contributed by atoms with Crippen molar-refractivity contribution in [2.45, 2.75) is 13.5 Å². The molecule has 0 aliphatic heterocycles. The van der Waals surface area contributed by atoms with Gasteiger partial charge in [0.2, 0.25) is 0 Å². The quantitative estimate of drug-likeness (QED) is 0.826. The number of aryl methyl sites for hydroxylation is 1. The number of benzene rings is 1. The number of pyridine rings is 1. The fourth-order valence-electron chi connectivity index (χ4n) is 1.95. The maximum absolute atomic E-state index is 12.3. The molecule has 0 saturated heterocycles. The van der Waals surface area contributed by atoms with Gasteiger partial charge in [0.05, 0.1) is 12.1 Å². The zero-order valence-corrected chi connectivity index (χ0v) is 13.9. The van der Waals surface area contributed by atoms with E-state index in [-0.39, 0.29) is 10.5 Å². The molecule has 4 nitrogen and oxygen atoms in total. The molecular weight excluding hydrogens is 352 g/mol. The molecule has 1 aromatic heterocycles. The zero-order valence-electron chi connectivity index (χ0n) is 11.5. The highest BCUT2D eigenvalue weighted by molar-refractivity contribution is 9.10. The maximum atomic E-state index is 12.3. The Labute approximate surface area is 136 Å². The molecule has 1 heterocycles. The molecule has 0 saturated carbocycles. The summed E-state index contributed by atoms with van der Waals surface area (Å²) in [5.74, 6) is 0.751. The number of nitrogens with zero attached hydrogens (tertiary/aromatic N) is 1. The second-order valence-corrected chi connectivity index (χ2v) is 5.87. The molecule has 2 aromatic rings. The van der Waals surface area contributed by atoms with Crippen LogP contribution < -0.4 is 16.0 Å². The van der Waals surface area contributed by atoms with Crippen molar-refractivity contribution in [3.63, 3.8) is 0 Å². The molecule has 0 radical (unpaired) electrons. The topological polar surface area (TPSA) is 57.2 Å². The van der Waals surface area contributed by atoms with E-state index in [1.54, 1.807) is 10.6 Å². The normalized spacial score (nSPS) is 10.4. The molecule has 2 rings (SSSR count). The van der Waals surface area contributed by atoms with Crippen LogP contribution in [0.5, 0.6) is 5.75 Å². The minimum absolute atomic E-state index is 0.113. The van der Waals surface area contributed by atoms with Gasteiger partial charge >= 0.3 is 0 Å². The van der Waals surface area contributed by atoms with Crippen LogP contribution in [0.2, 0.25) is 0 Å². The van der Waals surface area contributed by atoms with Crippen molar-refractivity contribution < 1.29 is 4.74 Å². The van der Waals surface area contributed by atoms with Crippen LogP contribution in [0.15, 0.2) is 45.7 Å². The summed E-state index contributed by atoms with van der Waals surface area (Å²) in [4.78, 5) is 12.4. The van der Waals surface area contributed by atoms with Gasteiger partial charge in [-0.25, -0.2) is 0 Å². The summed E-state index contributed by atoms with van der Waals surface area (Å²) in [5.41, 5.74) is 6.58. The Morgan fingerprint density at radius 1 is 1.38 bits per heavy atom. The highest BCUT2D eigenvalue weighted by atomic mass is 79.9. The van der Waals surface area contributed by atoms with E-state index in [9.17, 15) is 4.79 Å². The first-order valence-electron chi connectivity index (χ1n) is 6.37. The molecule has 0 unspecified atom stereocenters. The van der Waals surface area contributed by atoms with Gasteiger partial charge in [-0.1, -0.05) is 34.2 Å². The summed E-state index contributed by atoms with van der Waals surface area (Å²) in [6, 6.07) is 11.0. The van der Waals surface area contributed by atoms with Gasteiger partial charge in [0.15, 0.2) is 0 Å². The fourth-order valence-corrected chi connectivity index (χ4v) is 2.48. The first-order chi connectivity index (χ1) is 9.99. The van der Waals surface area contributed by atoms with Gasteiger partial charge in [0, 0.05) is 10.2 Å². The Balaban J connectivity index is 2.12. The predicted octanol–water partition coefficient (Wildman–Crippen LogP) is 2.63. The fraction of sp³-hybridized carbons (Fsp3) is 0.200. The number of ether oxygens (including phenoxy) is 1. The van der Waals surface area contributed by atoms with Crippen molar-refractivity contribution in [2.75, 3.05) is 6.61 Å². The summed E-state index contributed by atoms with van der Waals surface area (Å²) in [6.07, 6.45) is 0. The molecule has 0 atom stereocenters. The largest absolute Gasteiger partial charge is 0.492 e. The zero-order chi connectivity index (χ0) is 15.4. The molecular formula is C15H15BrN2O2S. The highest BCUT2D eigenvalue weighted by Crippen LogP contribution is 2.17. The number of halogens is 1. The van der Waals surface area contributed by atoms with Crippen molar-refractivity contribution in [3.8, 4) is 5.75 Å².